The van der Waals surface area contributed by atoms with E-state index in [0.717, 1.165) is 6.42 Å². The number of ether oxygens (including phenoxy) is 1. The summed E-state index contributed by atoms with van der Waals surface area (Å²) in [5, 5.41) is 3.42. The molecule has 7 heteroatoms. The van der Waals surface area contributed by atoms with Crippen LogP contribution in [0.1, 0.15) is 40.3 Å². The first kappa shape index (κ1) is 16.3. The molecule has 1 heterocycles. The van der Waals surface area contributed by atoms with E-state index in [9.17, 15) is 9.59 Å². The van der Waals surface area contributed by atoms with E-state index in [2.05, 4.69) is 5.32 Å². The van der Waals surface area contributed by atoms with Crippen molar-refractivity contribution in [2.75, 3.05) is 37.9 Å². The molecule has 1 amide bonds. The molecule has 0 aliphatic rings. The topological polar surface area (TPSA) is 84.7 Å². The van der Waals surface area contributed by atoms with Crippen LogP contribution in [0.2, 0.25) is 0 Å². The van der Waals surface area contributed by atoms with Gasteiger partial charge >= 0.3 is 5.97 Å². The van der Waals surface area contributed by atoms with Crippen LogP contribution in [0.25, 0.3) is 0 Å². The smallest absolute Gasteiger partial charge is 0.343 e. The number of nitrogens with two attached hydrogens (primary N) is 1. The second kappa shape index (κ2) is 7.14. The van der Waals surface area contributed by atoms with Crippen molar-refractivity contribution < 1.29 is 14.3 Å². The molecule has 0 bridgehead atoms. The first-order valence-electron chi connectivity index (χ1n) is 6.47. The van der Waals surface area contributed by atoms with Crippen LogP contribution in [-0.2, 0) is 4.74 Å². The Morgan fingerprint density at radius 2 is 2.05 bits per heavy atom. The Balaban J connectivity index is 3.25. The average molecular weight is 299 g/mol. The van der Waals surface area contributed by atoms with E-state index in [4.69, 9.17) is 10.5 Å². The van der Waals surface area contributed by atoms with Crippen molar-refractivity contribution in [3.05, 3.63) is 10.4 Å². The summed E-state index contributed by atoms with van der Waals surface area (Å²) < 4.78 is 4.76. The molecular formula is C13H21N3O3S. The van der Waals surface area contributed by atoms with Crippen molar-refractivity contribution in [2.24, 2.45) is 0 Å². The highest BCUT2D eigenvalue weighted by Crippen LogP contribution is 2.38. The summed E-state index contributed by atoms with van der Waals surface area (Å²) in [6.45, 7) is 5.19. The van der Waals surface area contributed by atoms with E-state index < -0.39 is 5.97 Å². The lowest BCUT2D eigenvalue weighted by Crippen LogP contribution is -2.24. The Morgan fingerprint density at radius 1 is 1.40 bits per heavy atom. The van der Waals surface area contributed by atoms with E-state index in [1.165, 1.54) is 18.4 Å². The summed E-state index contributed by atoms with van der Waals surface area (Å²) in [5.74, 6) is -0.779. The van der Waals surface area contributed by atoms with Gasteiger partial charge in [-0.3, -0.25) is 4.79 Å². The van der Waals surface area contributed by atoms with Crippen LogP contribution < -0.4 is 16.0 Å². The zero-order valence-electron chi connectivity index (χ0n) is 12.3. The minimum absolute atomic E-state index is 0.186. The van der Waals surface area contributed by atoms with Gasteiger partial charge in [0.05, 0.1) is 12.8 Å². The van der Waals surface area contributed by atoms with Crippen molar-refractivity contribution in [3.63, 3.8) is 0 Å². The lowest BCUT2D eigenvalue weighted by Gasteiger charge is -2.15. The number of methoxy groups -OCH3 is 1. The van der Waals surface area contributed by atoms with Gasteiger partial charge in [-0.15, -0.1) is 11.3 Å². The highest BCUT2D eigenvalue weighted by molar-refractivity contribution is 7.19. The fraction of sp³-hybridized carbons (Fsp3) is 0.538. The summed E-state index contributed by atoms with van der Waals surface area (Å²) in [6, 6.07) is 0. The van der Waals surface area contributed by atoms with Gasteiger partial charge in [0.15, 0.2) is 0 Å². The fourth-order valence-corrected chi connectivity index (χ4v) is 2.78. The van der Waals surface area contributed by atoms with Crippen LogP contribution >= 0.6 is 11.3 Å². The number of nitrogens with one attached hydrogen (secondary N) is 1. The number of amides is 1. The normalized spacial score (nSPS) is 10.2. The van der Waals surface area contributed by atoms with Crippen LogP contribution in [0.3, 0.4) is 0 Å². The maximum atomic E-state index is 12.1. The molecule has 0 aromatic carbocycles. The molecule has 0 fully saturated rings. The Kier molecular flexibility index (Phi) is 5.82. The second-order valence-corrected chi connectivity index (χ2v) is 5.29. The van der Waals surface area contributed by atoms with Gasteiger partial charge in [-0.25, -0.2) is 4.79 Å². The molecule has 0 spiro atoms. The summed E-state index contributed by atoms with van der Waals surface area (Å²) in [7, 11) is 3.14. The van der Waals surface area contributed by atoms with Crippen LogP contribution in [0, 0.1) is 0 Å². The quantitative estimate of drug-likeness (QED) is 0.781. The van der Waals surface area contributed by atoms with E-state index in [0.29, 0.717) is 23.0 Å². The Hall–Kier alpha value is -1.76. The first-order chi connectivity index (χ1) is 9.47. The van der Waals surface area contributed by atoms with Gasteiger partial charge in [0.2, 0.25) is 0 Å². The molecule has 20 heavy (non-hydrogen) atoms. The van der Waals surface area contributed by atoms with Crippen molar-refractivity contribution in [1.29, 1.82) is 0 Å². The third kappa shape index (κ3) is 3.22. The third-order valence-electron chi connectivity index (χ3n) is 2.88. The van der Waals surface area contributed by atoms with Gasteiger partial charge in [-0.2, -0.15) is 0 Å². The van der Waals surface area contributed by atoms with Crippen molar-refractivity contribution >= 4 is 33.9 Å². The highest BCUT2D eigenvalue weighted by Gasteiger charge is 2.27. The Labute approximate surface area is 122 Å². The third-order valence-corrected chi connectivity index (χ3v) is 4.20. The molecule has 0 saturated heterocycles. The van der Waals surface area contributed by atoms with Crippen LogP contribution in [0.15, 0.2) is 0 Å². The predicted molar refractivity (Wildman–Crippen MR) is 81.6 cm³/mol. The minimum Gasteiger partial charge on any atom is -0.465 e. The summed E-state index contributed by atoms with van der Waals surface area (Å²) in [4.78, 5) is 26.2. The van der Waals surface area contributed by atoms with Crippen molar-refractivity contribution in [2.45, 2.75) is 20.3 Å². The van der Waals surface area contributed by atoms with E-state index >= 15 is 0 Å². The number of hydrogen-bond donors (Lipinski definition) is 2. The molecule has 0 aliphatic heterocycles. The maximum Gasteiger partial charge on any atom is 0.343 e. The molecule has 6 nitrogen and oxygen atoms in total. The number of nitrogens with zero attached hydrogens (tertiary/aromatic N) is 1. The van der Waals surface area contributed by atoms with E-state index in [1.54, 1.807) is 0 Å². The number of carbonyl (C=O) groups excluding carboxylic acids is 2. The molecule has 1 rings (SSSR count). The summed E-state index contributed by atoms with van der Waals surface area (Å²) in [6.07, 6.45) is 0.836. The summed E-state index contributed by atoms with van der Waals surface area (Å²) >= 11 is 1.21. The SMILES string of the molecule is CCCNC(=O)c1sc(N(C)CC)c(C(=O)OC)c1N. The molecule has 1 aromatic rings. The zero-order valence-corrected chi connectivity index (χ0v) is 13.1. The molecule has 112 valence electrons. The maximum absolute atomic E-state index is 12.1. The van der Waals surface area contributed by atoms with Crippen LogP contribution in [-0.4, -0.2) is 39.1 Å². The summed E-state index contributed by atoms with van der Waals surface area (Å²) in [5.41, 5.74) is 6.42. The van der Waals surface area contributed by atoms with Gasteiger partial charge in [0.25, 0.3) is 5.91 Å². The van der Waals surface area contributed by atoms with E-state index in [-0.39, 0.29) is 17.2 Å². The number of anilines is 2. The molecule has 3 N–H and O–H groups in total. The largest absolute Gasteiger partial charge is 0.465 e. The first-order valence-corrected chi connectivity index (χ1v) is 7.29. The Morgan fingerprint density at radius 3 is 2.55 bits per heavy atom. The fourth-order valence-electron chi connectivity index (χ4n) is 1.63. The number of thiophene rings is 1. The van der Waals surface area contributed by atoms with Gasteiger partial charge in [0, 0.05) is 20.1 Å². The van der Waals surface area contributed by atoms with Crippen molar-refractivity contribution in [3.8, 4) is 0 Å². The van der Waals surface area contributed by atoms with Gasteiger partial charge in [-0.05, 0) is 13.3 Å². The predicted octanol–water partition coefficient (Wildman–Crippen LogP) is 1.71. The highest BCUT2D eigenvalue weighted by atomic mass is 32.1. The Bertz CT molecular complexity index is 499. The number of carbonyl (C=O) groups is 2. The monoisotopic (exact) mass is 299 g/mol. The van der Waals surface area contributed by atoms with Crippen LogP contribution in [0.5, 0.6) is 0 Å². The van der Waals surface area contributed by atoms with Gasteiger partial charge < -0.3 is 20.7 Å². The average Bonchev–Trinajstić information content (AvgIpc) is 2.80. The van der Waals surface area contributed by atoms with Gasteiger partial charge in [0.1, 0.15) is 15.4 Å². The number of nitrogen functional groups attached to an aromatic ring is 1. The van der Waals surface area contributed by atoms with Crippen LogP contribution in [0.4, 0.5) is 10.7 Å². The molecule has 0 atom stereocenters. The number of hydrogen-bond acceptors (Lipinski definition) is 6. The van der Waals surface area contributed by atoms with E-state index in [1.807, 2.05) is 25.8 Å². The molecular weight excluding hydrogens is 278 g/mol. The molecule has 0 radical (unpaired) electrons. The van der Waals surface area contributed by atoms with Crippen molar-refractivity contribution in [1.82, 2.24) is 5.32 Å². The minimum atomic E-state index is -0.524. The number of esters is 1. The molecule has 0 saturated carbocycles. The molecule has 0 unspecified atom stereocenters. The number of rotatable bonds is 6. The van der Waals surface area contributed by atoms with Gasteiger partial charge in [-0.1, -0.05) is 6.92 Å². The second-order valence-electron chi connectivity index (χ2n) is 4.29. The lowest BCUT2D eigenvalue weighted by atomic mass is 10.2. The lowest BCUT2D eigenvalue weighted by molar-refractivity contribution is 0.0603. The molecule has 0 aliphatic carbocycles. The standard InChI is InChI=1S/C13H21N3O3S/c1-5-7-15-11(17)10-9(14)8(13(18)19-4)12(20-10)16(3)6-2/h5-7,14H2,1-4H3,(H,15,17). The molecule has 1 aromatic heterocycles. The zero-order chi connectivity index (χ0) is 15.3.